The average Bonchev–Trinajstić information content (AvgIpc) is 3.16. The number of nitrogens with zero attached hydrogens (tertiary/aromatic N) is 1. The van der Waals surface area contributed by atoms with Crippen molar-refractivity contribution < 1.29 is 9.59 Å². The van der Waals surface area contributed by atoms with Gasteiger partial charge in [-0.3, -0.25) is 14.9 Å². The second kappa shape index (κ2) is 6.94. The van der Waals surface area contributed by atoms with Crippen LogP contribution in [0, 0.1) is 6.92 Å². The van der Waals surface area contributed by atoms with E-state index in [1.807, 2.05) is 24.4 Å². The van der Waals surface area contributed by atoms with Gasteiger partial charge in [0, 0.05) is 28.4 Å². The van der Waals surface area contributed by atoms with Crippen molar-refractivity contribution in [1.29, 1.82) is 0 Å². The van der Waals surface area contributed by atoms with Gasteiger partial charge >= 0.3 is 0 Å². The van der Waals surface area contributed by atoms with Crippen LogP contribution in [0.3, 0.4) is 0 Å². The number of hydrogen-bond donors (Lipinski definition) is 2. The fraction of sp³-hybridized carbons (Fsp3) is 0.118. The van der Waals surface area contributed by atoms with Gasteiger partial charge in [-0.25, -0.2) is 4.98 Å². The first-order valence-electron chi connectivity index (χ1n) is 7.22. The van der Waals surface area contributed by atoms with Crippen LogP contribution in [-0.4, -0.2) is 16.8 Å². The third-order valence-electron chi connectivity index (χ3n) is 3.16. The van der Waals surface area contributed by atoms with Crippen LogP contribution in [0.15, 0.2) is 41.8 Å². The van der Waals surface area contributed by atoms with Gasteiger partial charge in [-0.15, -0.1) is 22.7 Å². The fourth-order valence-corrected chi connectivity index (χ4v) is 3.74. The Balaban J connectivity index is 1.73. The Morgan fingerprint density at radius 2 is 1.96 bits per heavy atom. The standard InChI is InChI=1S/C17H15N3O2S2/c1-10-6-7-15(24-10)14-9-23-17(19-14)20-16(22)12-4-3-5-13(8-12)18-11(2)21/h3-9H,1-2H3,(H,18,21)(H,19,20,22). The summed E-state index contributed by atoms with van der Waals surface area (Å²) in [5, 5.41) is 7.93. The van der Waals surface area contributed by atoms with Crippen LogP contribution in [0.25, 0.3) is 10.6 Å². The molecule has 122 valence electrons. The molecule has 0 aliphatic heterocycles. The van der Waals surface area contributed by atoms with Gasteiger partial charge in [-0.1, -0.05) is 6.07 Å². The highest BCUT2D eigenvalue weighted by Gasteiger charge is 2.11. The average molecular weight is 357 g/mol. The number of nitrogens with one attached hydrogen (secondary N) is 2. The maximum atomic E-state index is 12.3. The van der Waals surface area contributed by atoms with Crippen LogP contribution in [0.5, 0.6) is 0 Å². The summed E-state index contributed by atoms with van der Waals surface area (Å²) in [4.78, 5) is 30.2. The fourth-order valence-electron chi connectivity index (χ4n) is 2.13. The molecule has 1 aromatic carbocycles. The zero-order valence-corrected chi connectivity index (χ0v) is 14.8. The number of carbonyl (C=O) groups is 2. The largest absolute Gasteiger partial charge is 0.326 e. The Kier molecular flexibility index (Phi) is 4.73. The third kappa shape index (κ3) is 3.87. The van der Waals surface area contributed by atoms with E-state index in [-0.39, 0.29) is 11.8 Å². The van der Waals surface area contributed by atoms with E-state index in [1.165, 1.54) is 23.1 Å². The van der Waals surface area contributed by atoms with Gasteiger partial charge in [-0.05, 0) is 37.3 Å². The zero-order valence-electron chi connectivity index (χ0n) is 13.1. The molecule has 5 nitrogen and oxygen atoms in total. The zero-order chi connectivity index (χ0) is 17.1. The van der Waals surface area contributed by atoms with Crippen LogP contribution < -0.4 is 10.6 Å². The predicted molar refractivity (Wildman–Crippen MR) is 98.9 cm³/mol. The van der Waals surface area contributed by atoms with E-state index in [0.717, 1.165) is 10.6 Å². The molecule has 0 unspecified atom stereocenters. The first kappa shape index (κ1) is 16.4. The molecule has 0 aliphatic carbocycles. The van der Waals surface area contributed by atoms with E-state index in [0.29, 0.717) is 16.4 Å². The first-order chi connectivity index (χ1) is 11.5. The summed E-state index contributed by atoms with van der Waals surface area (Å²) in [6, 6.07) is 10.9. The number of aromatic nitrogens is 1. The summed E-state index contributed by atoms with van der Waals surface area (Å²) in [5.74, 6) is -0.436. The highest BCUT2D eigenvalue weighted by Crippen LogP contribution is 2.30. The van der Waals surface area contributed by atoms with Crippen molar-refractivity contribution in [2.24, 2.45) is 0 Å². The Labute approximate surface area is 147 Å². The van der Waals surface area contributed by atoms with Crippen LogP contribution in [-0.2, 0) is 4.79 Å². The number of anilines is 2. The van der Waals surface area contributed by atoms with Crippen molar-refractivity contribution in [3.05, 3.63) is 52.2 Å². The SMILES string of the molecule is CC(=O)Nc1cccc(C(=O)Nc2nc(-c3ccc(C)s3)cs2)c1. The lowest BCUT2D eigenvalue weighted by Gasteiger charge is -2.05. The van der Waals surface area contributed by atoms with Crippen molar-refractivity contribution in [1.82, 2.24) is 4.98 Å². The lowest BCUT2D eigenvalue weighted by atomic mass is 10.2. The highest BCUT2D eigenvalue weighted by molar-refractivity contribution is 7.17. The molecule has 2 amide bonds. The van der Waals surface area contributed by atoms with E-state index in [2.05, 4.69) is 15.6 Å². The minimum absolute atomic E-state index is 0.177. The third-order valence-corrected chi connectivity index (χ3v) is 4.94. The molecule has 0 spiro atoms. The van der Waals surface area contributed by atoms with Gasteiger partial charge in [0.2, 0.25) is 5.91 Å². The molecule has 0 atom stereocenters. The highest BCUT2D eigenvalue weighted by atomic mass is 32.1. The molecule has 0 aliphatic rings. The Morgan fingerprint density at radius 1 is 1.12 bits per heavy atom. The number of amides is 2. The molecule has 0 saturated heterocycles. The molecular weight excluding hydrogens is 342 g/mol. The molecule has 2 N–H and O–H groups in total. The molecule has 7 heteroatoms. The molecule has 3 aromatic rings. The predicted octanol–water partition coefficient (Wildman–Crippen LogP) is 4.39. The van der Waals surface area contributed by atoms with Crippen molar-refractivity contribution in [2.75, 3.05) is 10.6 Å². The molecule has 0 saturated carbocycles. The van der Waals surface area contributed by atoms with Crippen LogP contribution >= 0.6 is 22.7 Å². The van der Waals surface area contributed by atoms with Crippen molar-refractivity contribution in [3.8, 4) is 10.6 Å². The Morgan fingerprint density at radius 3 is 2.67 bits per heavy atom. The lowest BCUT2D eigenvalue weighted by Crippen LogP contribution is -2.13. The van der Waals surface area contributed by atoms with Gasteiger partial charge in [0.05, 0.1) is 10.6 Å². The maximum Gasteiger partial charge on any atom is 0.257 e. The topological polar surface area (TPSA) is 71.1 Å². The lowest BCUT2D eigenvalue weighted by molar-refractivity contribution is -0.114. The summed E-state index contributed by atoms with van der Waals surface area (Å²) in [6.45, 7) is 3.47. The second-order valence-electron chi connectivity index (χ2n) is 5.16. The van der Waals surface area contributed by atoms with Crippen molar-refractivity contribution in [3.63, 3.8) is 0 Å². The van der Waals surface area contributed by atoms with Crippen LogP contribution in [0.2, 0.25) is 0 Å². The molecular formula is C17H15N3O2S2. The van der Waals surface area contributed by atoms with Crippen molar-refractivity contribution >= 4 is 45.3 Å². The molecule has 0 bridgehead atoms. The van der Waals surface area contributed by atoms with Gasteiger partial charge in [0.1, 0.15) is 0 Å². The number of aryl methyl sites for hydroxylation is 1. The summed E-state index contributed by atoms with van der Waals surface area (Å²) in [5.41, 5.74) is 1.91. The number of benzene rings is 1. The summed E-state index contributed by atoms with van der Waals surface area (Å²) in [6.07, 6.45) is 0. The van der Waals surface area contributed by atoms with Gasteiger partial charge in [-0.2, -0.15) is 0 Å². The molecule has 2 aromatic heterocycles. The smallest absolute Gasteiger partial charge is 0.257 e. The van der Waals surface area contributed by atoms with E-state index in [9.17, 15) is 9.59 Å². The summed E-state index contributed by atoms with van der Waals surface area (Å²) in [7, 11) is 0. The van der Waals surface area contributed by atoms with Crippen LogP contribution in [0.1, 0.15) is 22.2 Å². The molecule has 0 fully saturated rings. The number of thiazole rings is 1. The number of hydrogen-bond acceptors (Lipinski definition) is 5. The number of carbonyl (C=O) groups excluding carboxylic acids is 2. The Hall–Kier alpha value is -2.51. The maximum absolute atomic E-state index is 12.3. The second-order valence-corrected chi connectivity index (χ2v) is 7.31. The summed E-state index contributed by atoms with van der Waals surface area (Å²) >= 11 is 3.05. The Bertz CT molecular complexity index is 899. The van der Waals surface area contributed by atoms with E-state index < -0.39 is 0 Å². The van der Waals surface area contributed by atoms with E-state index in [4.69, 9.17) is 0 Å². The first-order valence-corrected chi connectivity index (χ1v) is 8.92. The van der Waals surface area contributed by atoms with Gasteiger partial charge in [0.15, 0.2) is 5.13 Å². The monoisotopic (exact) mass is 357 g/mol. The van der Waals surface area contributed by atoms with Gasteiger partial charge < -0.3 is 5.32 Å². The van der Waals surface area contributed by atoms with Crippen molar-refractivity contribution in [2.45, 2.75) is 13.8 Å². The van der Waals surface area contributed by atoms with E-state index >= 15 is 0 Å². The normalized spacial score (nSPS) is 10.4. The minimum atomic E-state index is -0.259. The van der Waals surface area contributed by atoms with Crippen LogP contribution in [0.4, 0.5) is 10.8 Å². The quantitative estimate of drug-likeness (QED) is 0.727. The summed E-state index contributed by atoms with van der Waals surface area (Å²) < 4.78 is 0. The number of rotatable bonds is 4. The molecule has 24 heavy (non-hydrogen) atoms. The molecule has 2 heterocycles. The molecule has 3 rings (SSSR count). The molecule has 0 radical (unpaired) electrons. The minimum Gasteiger partial charge on any atom is -0.326 e. The number of thiophene rings is 1. The van der Waals surface area contributed by atoms with E-state index in [1.54, 1.807) is 35.6 Å². The van der Waals surface area contributed by atoms with Gasteiger partial charge in [0.25, 0.3) is 5.91 Å².